The van der Waals surface area contributed by atoms with Crippen molar-refractivity contribution in [3.8, 4) is 0 Å². The SMILES string of the molecule is O=C(Nc1ccc2c(c1)CCCN2C(=O)c1ccco1)c1ccc(Br)o1. The van der Waals surface area contributed by atoms with Crippen LogP contribution < -0.4 is 10.2 Å². The van der Waals surface area contributed by atoms with Gasteiger partial charge in [0.15, 0.2) is 16.2 Å². The summed E-state index contributed by atoms with van der Waals surface area (Å²) in [5, 5.41) is 2.82. The number of nitrogens with zero attached hydrogens (tertiary/aromatic N) is 1. The molecule has 1 aliphatic rings. The van der Waals surface area contributed by atoms with Crippen molar-refractivity contribution >= 4 is 39.1 Å². The maximum atomic E-state index is 12.6. The second-order valence-electron chi connectivity index (χ2n) is 5.94. The molecule has 0 spiro atoms. The Kier molecular flexibility index (Phi) is 4.38. The second kappa shape index (κ2) is 6.84. The van der Waals surface area contributed by atoms with Gasteiger partial charge in [0.2, 0.25) is 0 Å². The summed E-state index contributed by atoms with van der Waals surface area (Å²) in [6.07, 6.45) is 3.18. The fourth-order valence-electron chi connectivity index (χ4n) is 3.05. The zero-order valence-corrected chi connectivity index (χ0v) is 15.3. The Hall–Kier alpha value is -2.80. The minimum absolute atomic E-state index is 0.159. The van der Waals surface area contributed by atoms with Gasteiger partial charge < -0.3 is 19.1 Å². The summed E-state index contributed by atoms with van der Waals surface area (Å²) >= 11 is 3.18. The molecule has 7 heteroatoms. The fraction of sp³-hybridized carbons (Fsp3) is 0.158. The number of amides is 2. The molecule has 0 bridgehead atoms. The van der Waals surface area contributed by atoms with Crippen molar-refractivity contribution in [2.75, 3.05) is 16.8 Å². The van der Waals surface area contributed by atoms with Crippen LogP contribution in [-0.4, -0.2) is 18.4 Å². The summed E-state index contributed by atoms with van der Waals surface area (Å²) in [5.74, 6) is 0.0611. The van der Waals surface area contributed by atoms with Gasteiger partial charge in [-0.1, -0.05) is 0 Å². The first kappa shape index (κ1) is 16.7. The number of rotatable bonds is 3. The van der Waals surface area contributed by atoms with Crippen molar-refractivity contribution in [3.63, 3.8) is 0 Å². The standard InChI is InChI=1S/C19H15BrN2O4/c20-17-8-7-15(26-17)18(23)21-13-5-6-14-12(11-13)3-1-9-22(14)19(24)16-4-2-10-25-16/h2,4-8,10-11H,1,3,9H2,(H,21,23). The summed E-state index contributed by atoms with van der Waals surface area (Å²) in [6, 6.07) is 12.1. The van der Waals surface area contributed by atoms with E-state index >= 15 is 0 Å². The predicted molar refractivity (Wildman–Crippen MR) is 99.5 cm³/mol. The van der Waals surface area contributed by atoms with E-state index in [1.54, 1.807) is 35.2 Å². The Morgan fingerprint density at radius 2 is 2.00 bits per heavy atom. The van der Waals surface area contributed by atoms with Gasteiger partial charge in [0.05, 0.1) is 6.26 Å². The van der Waals surface area contributed by atoms with E-state index in [9.17, 15) is 9.59 Å². The van der Waals surface area contributed by atoms with Gasteiger partial charge in [-0.2, -0.15) is 0 Å². The van der Waals surface area contributed by atoms with Crippen LogP contribution in [0.2, 0.25) is 0 Å². The molecular formula is C19H15BrN2O4. The molecule has 3 aromatic rings. The highest BCUT2D eigenvalue weighted by molar-refractivity contribution is 9.10. The van der Waals surface area contributed by atoms with Gasteiger partial charge >= 0.3 is 0 Å². The van der Waals surface area contributed by atoms with Crippen LogP contribution in [0.3, 0.4) is 0 Å². The Morgan fingerprint density at radius 3 is 2.73 bits per heavy atom. The first-order valence-electron chi connectivity index (χ1n) is 8.17. The second-order valence-corrected chi connectivity index (χ2v) is 6.72. The number of nitrogens with one attached hydrogen (secondary N) is 1. The van der Waals surface area contributed by atoms with Gasteiger partial charge in [0, 0.05) is 17.9 Å². The molecule has 4 rings (SSSR count). The number of halogens is 1. The third-order valence-electron chi connectivity index (χ3n) is 4.23. The maximum Gasteiger partial charge on any atom is 0.293 e. The van der Waals surface area contributed by atoms with Crippen molar-refractivity contribution in [1.29, 1.82) is 0 Å². The van der Waals surface area contributed by atoms with Gasteiger partial charge in [0.1, 0.15) is 0 Å². The van der Waals surface area contributed by atoms with Crippen LogP contribution in [0.25, 0.3) is 0 Å². The minimum atomic E-state index is -0.324. The fourth-order valence-corrected chi connectivity index (χ4v) is 3.35. The first-order chi connectivity index (χ1) is 12.6. The number of furan rings is 2. The lowest BCUT2D eigenvalue weighted by Crippen LogP contribution is -2.35. The number of aryl methyl sites for hydroxylation is 1. The average Bonchev–Trinajstić information content (AvgIpc) is 3.32. The largest absolute Gasteiger partial charge is 0.459 e. The van der Waals surface area contributed by atoms with E-state index in [2.05, 4.69) is 21.2 Å². The average molecular weight is 415 g/mol. The van der Waals surface area contributed by atoms with Crippen molar-refractivity contribution in [2.45, 2.75) is 12.8 Å². The van der Waals surface area contributed by atoms with E-state index in [4.69, 9.17) is 8.83 Å². The third-order valence-corrected chi connectivity index (χ3v) is 4.66. The molecule has 0 fully saturated rings. The zero-order chi connectivity index (χ0) is 18.1. The van der Waals surface area contributed by atoms with Crippen LogP contribution in [0, 0.1) is 0 Å². The lowest BCUT2D eigenvalue weighted by atomic mass is 10.0. The molecule has 0 saturated carbocycles. The highest BCUT2D eigenvalue weighted by Gasteiger charge is 2.25. The molecule has 3 heterocycles. The molecule has 0 radical (unpaired) electrons. The van der Waals surface area contributed by atoms with Crippen LogP contribution >= 0.6 is 15.9 Å². The molecule has 1 aromatic carbocycles. The monoisotopic (exact) mass is 414 g/mol. The molecule has 1 N–H and O–H groups in total. The van der Waals surface area contributed by atoms with Gasteiger partial charge in [-0.25, -0.2) is 0 Å². The number of carbonyl (C=O) groups is 2. The number of hydrogen-bond acceptors (Lipinski definition) is 4. The summed E-state index contributed by atoms with van der Waals surface area (Å²) in [6.45, 7) is 0.638. The van der Waals surface area contributed by atoms with E-state index in [-0.39, 0.29) is 17.6 Å². The number of fused-ring (bicyclic) bond motifs is 1. The molecule has 0 unspecified atom stereocenters. The van der Waals surface area contributed by atoms with Gasteiger partial charge in [-0.05, 0) is 76.8 Å². The Labute approximate surface area is 157 Å². The molecule has 0 saturated heterocycles. The quantitative estimate of drug-likeness (QED) is 0.685. The Bertz CT molecular complexity index is 962. The van der Waals surface area contributed by atoms with Crippen LogP contribution in [0.15, 0.2) is 62.2 Å². The molecular weight excluding hydrogens is 400 g/mol. The normalized spacial score (nSPS) is 13.3. The molecule has 2 amide bonds. The van der Waals surface area contributed by atoms with E-state index in [1.807, 2.05) is 12.1 Å². The topological polar surface area (TPSA) is 75.7 Å². The number of anilines is 2. The van der Waals surface area contributed by atoms with Gasteiger partial charge in [0.25, 0.3) is 11.8 Å². The summed E-state index contributed by atoms with van der Waals surface area (Å²) in [7, 11) is 0. The maximum absolute atomic E-state index is 12.6. The highest BCUT2D eigenvalue weighted by Crippen LogP contribution is 2.31. The van der Waals surface area contributed by atoms with E-state index < -0.39 is 0 Å². The number of hydrogen-bond donors (Lipinski definition) is 1. The molecule has 2 aromatic heterocycles. The van der Waals surface area contributed by atoms with E-state index in [0.29, 0.717) is 22.7 Å². The van der Waals surface area contributed by atoms with Crippen molar-refractivity contribution in [3.05, 3.63) is 70.5 Å². The lowest BCUT2D eigenvalue weighted by Gasteiger charge is -2.29. The van der Waals surface area contributed by atoms with Crippen LogP contribution in [0.5, 0.6) is 0 Å². The zero-order valence-electron chi connectivity index (χ0n) is 13.7. The molecule has 1 aliphatic heterocycles. The molecule has 0 aliphatic carbocycles. The lowest BCUT2D eigenvalue weighted by molar-refractivity contribution is 0.0957. The van der Waals surface area contributed by atoms with Gasteiger partial charge in [-0.15, -0.1) is 0 Å². The predicted octanol–water partition coefficient (Wildman–Crippen LogP) is 4.48. The number of carbonyl (C=O) groups excluding carboxylic acids is 2. The van der Waals surface area contributed by atoms with Crippen LogP contribution in [0.4, 0.5) is 11.4 Å². The number of benzene rings is 1. The smallest absolute Gasteiger partial charge is 0.293 e. The van der Waals surface area contributed by atoms with E-state index in [0.717, 1.165) is 24.1 Å². The summed E-state index contributed by atoms with van der Waals surface area (Å²) in [5.41, 5.74) is 2.51. The molecule has 0 atom stereocenters. The van der Waals surface area contributed by atoms with Crippen molar-refractivity contribution in [2.24, 2.45) is 0 Å². The van der Waals surface area contributed by atoms with E-state index in [1.165, 1.54) is 6.26 Å². The van der Waals surface area contributed by atoms with Crippen LogP contribution in [0.1, 0.15) is 33.1 Å². The summed E-state index contributed by atoms with van der Waals surface area (Å²) in [4.78, 5) is 26.6. The molecule has 26 heavy (non-hydrogen) atoms. The Balaban J connectivity index is 1.56. The third kappa shape index (κ3) is 3.17. The highest BCUT2D eigenvalue weighted by atomic mass is 79.9. The molecule has 6 nitrogen and oxygen atoms in total. The minimum Gasteiger partial charge on any atom is -0.459 e. The van der Waals surface area contributed by atoms with Crippen molar-refractivity contribution in [1.82, 2.24) is 0 Å². The summed E-state index contributed by atoms with van der Waals surface area (Å²) < 4.78 is 11.0. The van der Waals surface area contributed by atoms with Crippen molar-refractivity contribution < 1.29 is 18.4 Å². The first-order valence-corrected chi connectivity index (χ1v) is 8.96. The Morgan fingerprint density at radius 1 is 1.12 bits per heavy atom. The van der Waals surface area contributed by atoms with Gasteiger partial charge in [-0.3, -0.25) is 9.59 Å². The van der Waals surface area contributed by atoms with Crippen LogP contribution in [-0.2, 0) is 6.42 Å². The molecule has 132 valence electrons.